The Hall–Kier alpha value is 0.620. The molecule has 0 fully saturated rings. The molecule has 88 valence electrons. The van der Waals surface area contributed by atoms with Gasteiger partial charge in [0.1, 0.15) is 0 Å². The van der Waals surface area contributed by atoms with E-state index in [-0.39, 0.29) is 0 Å². The lowest BCUT2D eigenvalue weighted by Gasteiger charge is -2.25. The molecule has 0 saturated carbocycles. The molecule has 4 nitrogen and oxygen atoms in total. The van der Waals surface area contributed by atoms with Crippen molar-refractivity contribution < 1.29 is 13.6 Å². The average Bonchev–Trinajstić information content (AvgIpc) is 2.03. The van der Waals surface area contributed by atoms with Gasteiger partial charge in [-0.15, -0.1) is 0 Å². The van der Waals surface area contributed by atoms with Crippen molar-refractivity contribution in [1.29, 1.82) is 0 Å². The first-order valence-corrected chi connectivity index (χ1v) is 7.92. The Labute approximate surface area is 90.9 Å². The maximum atomic E-state index is 5.63. The minimum atomic E-state index is -2.15. The van der Waals surface area contributed by atoms with E-state index in [1.165, 1.54) is 0 Å². The van der Waals surface area contributed by atoms with Gasteiger partial charge >= 0.3 is 0 Å². The van der Waals surface area contributed by atoms with Crippen LogP contribution < -0.4 is 0 Å². The van der Waals surface area contributed by atoms with Crippen LogP contribution in [0, 0.1) is 0 Å². The molecule has 0 saturated heterocycles. The van der Waals surface area contributed by atoms with Crippen LogP contribution in [0.25, 0.3) is 0 Å². The van der Waals surface area contributed by atoms with E-state index >= 15 is 0 Å². The Morgan fingerprint density at radius 2 is 1.29 bits per heavy atom. The average molecular weight is 243 g/mol. The molecule has 0 bridgehead atoms. The van der Waals surface area contributed by atoms with Crippen LogP contribution in [0.3, 0.4) is 0 Å². The topological polar surface area (TPSA) is 30.9 Å². The molecular formula is C8H22NO3PS. The molecule has 0 unspecified atom stereocenters. The van der Waals surface area contributed by atoms with Gasteiger partial charge in [-0.2, -0.15) is 0 Å². The molecule has 0 radical (unpaired) electrons. The second-order valence-electron chi connectivity index (χ2n) is 2.66. The molecule has 0 aromatic carbocycles. The van der Waals surface area contributed by atoms with Crippen LogP contribution in [0.5, 0.6) is 0 Å². The van der Waals surface area contributed by atoms with Gasteiger partial charge in [0.05, 0.1) is 19.8 Å². The number of nitrogens with zero attached hydrogens (tertiary/aromatic N) is 1. The Bertz CT molecular complexity index is 175. The predicted molar refractivity (Wildman–Crippen MR) is 64.2 cm³/mol. The predicted octanol–water partition coefficient (Wildman–Crippen LogP) is 2.06. The summed E-state index contributed by atoms with van der Waals surface area (Å²) >= 11 is 0.973. The zero-order valence-electron chi connectivity index (χ0n) is 9.69. The summed E-state index contributed by atoms with van der Waals surface area (Å²) in [6, 6.07) is 0. The summed E-state index contributed by atoms with van der Waals surface area (Å²) in [6.45, 7) is 5.57. The van der Waals surface area contributed by atoms with Gasteiger partial charge in [-0.05, 0) is 34.9 Å². The SMILES string of the molecule is CCOP(OCC)(OCC)=[SH]N(C)C. The largest absolute Gasteiger partial charge is 0.312 e. The highest BCUT2D eigenvalue weighted by Crippen LogP contribution is 2.51. The van der Waals surface area contributed by atoms with Crippen molar-refractivity contribution in [3.63, 3.8) is 0 Å². The highest BCUT2D eigenvalue weighted by Gasteiger charge is 2.19. The highest BCUT2D eigenvalue weighted by atomic mass is 32.5. The van der Waals surface area contributed by atoms with Gasteiger partial charge in [-0.25, -0.2) is 0 Å². The second-order valence-corrected chi connectivity index (χ2v) is 7.36. The summed E-state index contributed by atoms with van der Waals surface area (Å²) in [7, 11) is 3.96. The summed E-state index contributed by atoms with van der Waals surface area (Å²) < 4.78 is 18.9. The van der Waals surface area contributed by atoms with Crippen molar-refractivity contribution in [2.45, 2.75) is 20.8 Å². The van der Waals surface area contributed by atoms with Crippen LogP contribution in [-0.2, 0) is 24.7 Å². The van der Waals surface area contributed by atoms with Gasteiger partial charge < -0.3 is 13.6 Å². The summed E-state index contributed by atoms with van der Waals surface area (Å²) in [4.78, 5) is 0. The Morgan fingerprint density at radius 1 is 0.929 bits per heavy atom. The Kier molecular flexibility index (Phi) is 8.20. The van der Waals surface area contributed by atoms with E-state index in [0.717, 1.165) is 11.1 Å². The third-order valence-electron chi connectivity index (χ3n) is 1.17. The molecule has 0 N–H and O–H groups in total. The molecular weight excluding hydrogens is 221 g/mol. The van der Waals surface area contributed by atoms with Crippen molar-refractivity contribution in [3.05, 3.63) is 0 Å². The molecule has 0 aliphatic rings. The molecule has 0 rings (SSSR count). The van der Waals surface area contributed by atoms with Crippen molar-refractivity contribution in [1.82, 2.24) is 4.31 Å². The molecule has 0 aliphatic heterocycles. The molecule has 14 heavy (non-hydrogen) atoms. The van der Waals surface area contributed by atoms with E-state index in [9.17, 15) is 0 Å². The third-order valence-corrected chi connectivity index (χ3v) is 6.27. The standard InChI is InChI=1S/C8H22NO3PS/c1-6-10-13(11-7-2,12-8-3)14-9(4)5/h14H,6-8H2,1-5H3. The number of rotatable bonds is 7. The maximum Gasteiger partial charge on any atom is 0.295 e. The van der Waals surface area contributed by atoms with Gasteiger partial charge in [-0.1, -0.05) is 11.1 Å². The van der Waals surface area contributed by atoms with Gasteiger partial charge in [0.25, 0.3) is 6.72 Å². The summed E-state index contributed by atoms with van der Waals surface area (Å²) in [5.74, 6) is 0. The van der Waals surface area contributed by atoms with Crippen LogP contribution >= 0.6 is 6.72 Å². The second kappa shape index (κ2) is 7.85. The fourth-order valence-electron chi connectivity index (χ4n) is 0.898. The van der Waals surface area contributed by atoms with E-state index < -0.39 is 6.72 Å². The maximum absolute atomic E-state index is 5.63. The summed E-state index contributed by atoms with van der Waals surface area (Å²) in [5, 5.41) is 0. The zero-order valence-corrected chi connectivity index (χ0v) is 11.5. The molecule has 0 atom stereocenters. The van der Waals surface area contributed by atoms with Crippen molar-refractivity contribution >= 4 is 17.8 Å². The lowest BCUT2D eigenvalue weighted by Crippen LogP contribution is -2.09. The number of hydrogen-bond acceptors (Lipinski definition) is 3. The van der Waals surface area contributed by atoms with E-state index in [2.05, 4.69) is 0 Å². The lowest BCUT2D eigenvalue weighted by atomic mass is 10.9. The third kappa shape index (κ3) is 5.49. The fraction of sp³-hybridized carbons (Fsp3) is 1.00. The van der Waals surface area contributed by atoms with Crippen LogP contribution in [0.2, 0.25) is 0 Å². The van der Waals surface area contributed by atoms with E-state index in [0.29, 0.717) is 19.8 Å². The molecule has 0 amide bonds. The van der Waals surface area contributed by atoms with E-state index in [1.807, 2.05) is 39.2 Å². The summed E-state index contributed by atoms with van der Waals surface area (Å²) in [5.41, 5.74) is 0. The van der Waals surface area contributed by atoms with Crippen molar-refractivity contribution in [2.75, 3.05) is 33.9 Å². The molecule has 0 spiro atoms. The minimum absolute atomic E-state index is 0.620. The van der Waals surface area contributed by atoms with Crippen LogP contribution in [0.1, 0.15) is 20.8 Å². The quantitative estimate of drug-likeness (QED) is 0.548. The first-order chi connectivity index (χ1) is 6.60. The number of hydrogen-bond donors (Lipinski definition) is 1. The van der Waals surface area contributed by atoms with E-state index in [4.69, 9.17) is 13.6 Å². The highest BCUT2D eigenvalue weighted by molar-refractivity contribution is 8.16. The smallest absolute Gasteiger partial charge is 0.295 e. The van der Waals surface area contributed by atoms with Gasteiger partial charge in [0.2, 0.25) is 0 Å². The first kappa shape index (κ1) is 14.6. The normalized spacial score (nSPS) is 12.4. The molecule has 0 aliphatic carbocycles. The fourth-order valence-corrected chi connectivity index (χ4v) is 5.51. The Morgan fingerprint density at radius 3 is 1.50 bits per heavy atom. The zero-order chi connectivity index (χ0) is 11.0. The van der Waals surface area contributed by atoms with E-state index in [1.54, 1.807) is 0 Å². The van der Waals surface area contributed by atoms with Gasteiger partial charge in [-0.3, -0.25) is 4.31 Å². The minimum Gasteiger partial charge on any atom is -0.312 e. The van der Waals surface area contributed by atoms with Crippen LogP contribution in [0.4, 0.5) is 0 Å². The van der Waals surface area contributed by atoms with Crippen molar-refractivity contribution in [3.8, 4) is 0 Å². The lowest BCUT2D eigenvalue weighted by molar-refractivity contribution is 0.172. The number of thiol groups is 1. The van der Waals surface area contributed by atoms with Crippen LogP contribution in [-0.4, -0.2) is 38.2 Å². The molecule has 0 aromatic rings. The Balaban J connectivity index is 4.72. The van der Waals surface area contributed by atoms with Gasteiger partial charge in [0.15, 0.2) is 0 Å². The summed E-state index contributed by atoms with van der Waals surface area (Å²) in [6.07, 6.45) is 0. The monoisotopic (exact) mass is 243 g/mol. The molecule has 0 aromatic heterocycles. The molecule has 0 heterocycles. The van der Waals surface area contributed by atoms with Crippen molar-refractivity contribution in [2.24, 2.45) is 0 Å². The van der Waals surface area contributed by atoms with Gasteiger partial charge in [0, 0.05) is 0 Å². The first-order valence-electron chi connectivity index (χ1n) is 4.83. The molecule has 6 heteroatoms. The van der Waals surface area contributed by atoms with Crippen LogP contribution in [0.15, 0.2) is 0 Å².